The van der Waals surface area contributed by atoms with Crippen LogP contribution in [0.1, 0.15) is 31.8 Å². The molecule has 1 aliphatic heterocycles. The van der Waals surface area contributed by atoms with Crippen molar-refractivity contribution < 1.29 is 9.59 Å². The molecule has 1 aliphatic carbocycles. The van der Waals surface area contributed by atoms with Crippen molar-refractivity contribution >= 4 is 17.9 Å². The predicted octanol–water partition coefficient (Wildman–Crippen LogP) is 1.48. The van der Waals surface area contributed by atoms with Gasteiger partial charge in [-0.25, -0.2) is 0 Å². The number of benzene rings is 1. The van der Waals surface area contributed by atoms with Gasteiger partial charge in [0.2, 0.25) is 0 Å². The number of imide groups is 1. The van der Waals surface area contributed by atoms with E-state index in [2.05, 4.69) is 0 Å². The van der Waals surface area contributed by atoms with Gasteiger partial charge in [-0.15, -0.1) is 0 Å². The fourth-order valence-corrected chi connectivity index (χ4v) is 2.11. The second kappa shape index (κ2) is 2.57. The maximum atomic E-state index is 11.7. The van der Waals surface area contributed by atoms with Crippen molar-refractivity contribution in [2.45, 2.75) is 6.42 Å². The summed E-state index contributed by atoms with van der Waals surface area (Å²) >= 11 is 0. The molecular weight excluding hydrogens is 190 g/mol. The number of carbonyl (C=O) groups excluding carboxylic acids is 2. The van der Waals surface area contributed by atoms with Crippen LogP contribution in [0.4, 0.5) is 0 Å². The average Bonchev–Trinajstić information content (AvgIpc) is 2.77. The molecule has 2 amide bonds. The quantitative estimate of drug-likeness (QED) is 0.593. The third-order valence-corrected chi connectivity index (χ3v) is 2.98. The molecule has 0 radical (unpaired) electrons. The summed E-state index contributed by atoms with van der Waals surface area (Å²) in [6, 6.07) is 3.66. The van der Waals surface area contributed by atoms with E-state index in [0.717, 1.165) is 17.5 Å². The van der Waals surface area contributed by atoms with Crippen LogP contribution in [0.15, 0.2) is 18.2 Å². The number of hydrogen-bond donors (Lipinski definition) is 0. The molecule has 0 fully saturated rings. The van der Waals surface area contributed by atoms with Gasteiger partial charge in [-0.05, 0) is 29.7 Å². The van der Waals surface area contributed by atoms with Gasteiger partial charge < -0.3 is 0 Å². The number of nitrogens with zero attached hydrogens (tertiary/aromatic N) is 1. The number of hydrogen-bond acceptors (Lipinski definition) is 2. The van der Waals surface area contributed by atoms with Crippen LogP contribution in [0, 0.1) is 0 Å². The Kier molecular flexibility index (Phi) is 1.44. The number of amides is 2. The third-order valence-electron chi connectivity index (χ3n) is 2.98. The van der Waals surface area contributed by atoms with Gasteiger partial charge in [-0.2, -0.15) is 0 Å². The van der Waals surface area contributed by atoms with Gasteiger partial charge in [0.25, 0.3) is 11.8 Å². The molecule has 3 nitrogen and oxygen atoms in total. The summed E-state index contributed by atoms with van der Waals surface area (Å²) in [6.45, 7) is 0. The highest BCUT2D eigenvalue weighted by Gasteiger charge is 2.33. The lowest BCUT2D eigenvalue weighted by molar-refractivity contribution is 0.0693. The maximum Gasteiger partial charge on any atom is 0.261 e. The predicted molar refractivity (Wildman–Crippen MR) is 55.6 cm³/mol. The Morgan fingerprint density at radius 2 is 1.80 bits per heavy atom. The SMILES string of the molecule is CN1C(=O)c2cc3c(cc2C1=O)CC=C3. The van der Waals surface area contributed by atoms with E-state index in [1.165, 1.54) is 11.9 Å². The molecule has 0 saturated carbocycles. The topological polar surface area (TPSA) is 37.4 Å². The number of allylic oxidation sites excluding steroid dienone is 1. The Hall–Kier alpha value is -1.90. The van der Waals surface area contributed by atoms with Crippen molar-refractivity contribution in [3.8, 4) is 0 Å². The average molecular weight is 199 g/mol. The Labute approximate surface area is 87.0 Å². The number of fused-ring (bicyclic) bond motifs is 2. The molecule has 0 spiro atoms. The lowest BCUT2D eigenvalue weighted by Crippen LogP contribution is -2.24. The van der Waals surface area contributed by atoms with Crippen LogP contribution in [0.3, 0.4) is 0 Å². The monoisotopic (exact) mass is 199 g/mol. The number of carbonyl (C=O) groups is 2. The Morgan fingerprint density at radius 1 is 1.13 bits per heavy atom. The minimum absolute atomic E-state index is 0.190. The molecule has 2 aliphatic rings. The largest absolute Gasteiger partial charge is 0.277 e. The minimum atomic E-state index is -0.196. The van der Waals surface area contributed by atoms with E-state index >= 15 is 0 Å². The highest BCUT2D eigenvalue weighted by atomic mass is 16.2. The first-order valence-corrected chi connectivity index (χ1v) is 4.84. The van der Waals surface area contributed by atoms with Gasteiger partial charge >= 0.3 is 0 Å². The third kappa shape index (κ3) is 0.947. The fourth-order valence-electron chi connectivity index (χ4n) is 2.11. The molecule has 1 aromatic carbocycles. The molecule has 0 N–H and O–H groups in total. The van der Waals surface area contributed by atoms with Crippen molar-refractivity contribution in [2.75, 3.05) is 7.05 Å². The molecule has 0 saturated heterocycles. The van der Waals surface area contributed by atoms with Gasteiger partial charge in [-0.1, -0.05) is 12.2 Å². The van der Waals surface area contributed by atoms with Crippen LogP contribution >= 0.6 is 0 Å². The second-order valence-electron chi connectivity index (χ2n) is 3.87. The van der Waals surface area contributed by atoms with Crippen LogP contribution in [0.2, 0.25) is 0 Å². The molecule has 0 atom stereocenters. The molecule has 1 aromatic rings. The zero-order valence-corrected chi connectivity index (χ0v) is 8.28. The fraction of sp³-hybridized carbons (Fsp3) is 0.167. The summed E-state index contributed by atoms with van der Waals surface area (Å²) in [5, 5.41) is 0. The molecule has 3 rings (SSSR count). The zero-order valence-electron chi connectivity index (χ0n) is 8.28. The van der Waals surface area contributed by atoms with Gasteiger partial charge in [0.05, 0.1) is 11.1 Å². The van der Waals surface area contributed by atoms with E-state index in [1.54, 1.807) is 0 Å². The first-order chi connectivity index (χ1) is 7.18. The summed E-state index contributed by atoms with van der Waals surface area (Å²) in [5.74, 6) is -0.386. The Balaban J connectivity index is 2.28. The standard InChI is InChI=1S/C12H9NO2/c1-13-11(14)9-5-7-3-2-4-8(7)6-10(9)12(13)15/h2-3,5-6H,4H2,1H3. The normalized spacial score (nSPS) is 17.3. The lowest BCUT2D eigenvalue weighted by atomic mass is 10.0. The highest BCUT2D eigenvalue weighted by Crippen LogP contribution is 2.28. The number of rotatable bonds is 0. The van der Waals surface area contributed by atoms with Crippen LogP contribution < -0.4 is 0 Å². The van der Waals surface area contributed by atoms with Crippen LogP contribution in [0.25, 0.3) is 6.08 Å². The molecule has 0 unspecified atom stereocenters. The minimum Gasteiger partial charge on any atom is -0.277 e. The van der Waals surface area contributed by atoms with Gasteiger partial charge in [-0.3, -0.25) is 14.5 Å². The first-order valence-electron chi connectivity index (χ1n) is 4.84. The molecular formula is C12H9NO2. The first kappa shape index (κ1) is 8.41. The van der Waals surface area contributed by atoms with E-state index in [0.29, 0.717) is 11.1 Å². The van der Waals surface area contributed by atoms with Gasteiger partial charge in [0, 0.05) is 7.05 Å². The van der Waals surface area contributed by atoms with E-state index in [9.17, 15) is 9.59 Å². The van der Waals surface area contributed by atoms with Crippen LogP contribution in [-0.4, -0.2) is 23.8 Å². The van der Waals surface area contributed by atoms with Crippen molar-refractivity contribution in [3.05, 3.63) is 40.5 Å². The molecule has 1 heterocycles. The molecule has 0 aromatic heterocycles. The summed E-state index contributed by atoms with van der Waals surface area (Å²) in [5.41, 5.74) is 3.27. The summed E-state index contributed by atoms with van der Waals surface area (Å²) in [7, 11) is 1.52. The van der Waals surface area contributed by atoms with Gasteiger partial charge in [0.15, 0.2) is 0 Å². The second-order valence-corrected chi connectivity index (χ2v) is 3.87. The van der Waals surface area contributed by atoms with Crippen molar-refractivity contribution in [3.63, 3.8) is 0 Å². The lowest BCUT2D eigenvalue weighted by Gasteiger charge is -2.02. The molecule has 3 heteroatoms. The molecule has 0 bridgehead atoms. The molecule has 74 valence electrons. The van der Waals surface area contributed by atoms with Crippen molar-refractivity contribution in [1.29, 1.82) is 0 Å². The maximum absolute atomic E-state index is 11.7. The Morgan fingerprint density at radius 3 is 2.53 bits per heavy atom. The Bertz CT molecular complexity index is 529. The smallest absolute Gasteiger partial charge is 0.261 e. The van der Waals surface area contributed by atoms with Crippen molar-refractivity contribution in [2.24, 2.45) is 0 Å². The van der Waals surface area contributed by atoms with Crippen LogP contribution in [-0.2, 0) is 6.42 Å². The molecule has 15 heavy (non-hydrogen) atoms. The van der Waals surface area contributed by atoms with Gasteiger partial charge in [0.1, 0.15) is 0 Å². The van der Waals surface area contributed by atoms with Crippen molar-refractivity contribution in [1.82, 2.24) is 4.90 Å². The van der Waals surface area contributed by atoms with E-state index < -0.39 is 0 Å². The summed E-state index contributed by atoms with van der Waals surface area (Å²) in [6.07, 6.45) is 4.89. The van der Waals surface area contributed by atoms with E-state index in [4.69, 9.17) is 0 Å². The summed E-state index contributed by atoms with van der Waals surface area (Å²) in [4.78, 5) is 24.5. The summed E-state index contributed by atoms with van der Waals surface area (Å²) < 4.78 is 0. The van der Waals surface area contributed by atoms with E-state index in [-0.39, 0.29) is 11.8 Å². The highest BCUT2D eigenvalue weighted by molar-refractivity contribution is 6.21. The zero-order chi connectivity index (χ0) is 10.6. The van der Waals surface area contributed by atoms with Crippen LogP contribution in [0.5, 0.6) is 0 Å². The van der Waals surface area contributed by atoms with E-state index in [1.807, 2.05) is 24.3 Å².